The van der Waals surface area contributed by atoms with Crippen LogP contribution in [0.15, 0.2) is 72.9 Å². The normalized spacial score (nSPS) is 15.8. The van der Waals surface area contributed by atoms with Gasteiger partial charge in [0, 0.05) is 48.0 Å². The first kappa shape index (κ1) is 18.4. The highest BCUT2D eigenvalue weighted by Gasteiger charge is 2.20. The number of rotatable bonds is 4. The maximum absolute atomic E-state index is 6.11. The summed E-state index contributed by atoms with van der Waals surface area (Å²) >= 11 is 6.11. The molecule has 1 aliphatic rings. The van der Waals surface area contributed by atoms with Crippen molar-refractivity contribution in [2.24, 2.45) is 0 Å². The zero-order valence-electron chi connectivity index (χ0n) is 16.3. The third-order valence-electron chi connectivity index (χ3n) is 5.87. The van der Waals surface area contributed by atoms with Crippen molar-refractivity contribution in [2.45, 2.75) is 25.4 Å². The monoisotopic (exact) mass is 401 g/mol. The van der Waals surface area contributed by atoms with Crippen LogP contribution in [0.1, 0.15) is 18.4 Å². The smallest absolute Gasteiger partial charge is 0.0737 e. The molecule has 0 aliphatic carbocycles. The number of hydrogen-bond acceptors (Lipinski definition) is 3. The van der Waals surface area contributed by atoms with Gasteiger partial charge in [-0.1, -0.05) is 48.0 Å². The molecule has 3 nitrogen and oxygen atoms in total. The Morgan fingerprint density at radius 2 is 1.76 bits per heavy atom. The van der Waals surface area contributed by atoms with E-state index in [1.807, 2.05) is 18.3 Å². The van der Waals surface area contributed by atoms with E-state index in [4.69, 9.17) is 11.6 Å². The van der Waals surface area contributed by atoms with E-state index in [2.05, 4.69) is 69.8 Å². The van der Waals surface area contributed by atoms with Gasteiger partial charge in [-0.05, 0) is 59.5 Å². The van der Waals surface area contributed by atoms with E-state index < -0.39 is 0 Å². The molecule has 3 aromatic carbocycles. The van der Waals surface area contributed by atoms with E-state index in [-0.39, 0.29) is 0 Å². The van der Waals surface area contributed by atoms with Crippen molar-refractivity contribution in [2.75, 3.05) is 18.4 Å². The molecule has 146 valence electrons. The van der Waals surface area contributed by atoms with E-state index in [0.29, 0.717) is 6.04 Å². The highest BCUT2D eigenvalue weighted by Crippen LogP contribution is 2.27. The lowest BCUT2D eigenvalue weighted by atomic mass is 10.0. The number of nitrogens with one attached hydrogen (secondary N) is 1. The molecule has 0 unspecified atom stereocenters. The fraction of sp³-hybridized carbons (Fsp3) is 0.240. The highest BCUT2D eigenvalue weighted by molar-refractivity contribution is 6.31. The average Bonchev–Trinajstić information content (AvgIpc) is 2.75. The first-order valence-corrected chi connectivity index (χ1v) is 10.6. The second-order valence-corrected chi connectivity index (χ2v) is 8.33. The van der Waals surface area contributed by atoms with Crippen LogP contribution in [0.2, 0.25) is 5.02 Å². The Bertz CT molecular complexity index is 1150. The Kier molecular flexibility index (Phi) is 5.09. The molecule has 1 aromatic heterocycles. The topological polar surface area (TPSA) is 28.2 Å². The molecule has 0 radical (unpaired) electrons. The number of aromatic nitrogens is 1. The Balaban J connectivity index is 1.22. The van der Waals surface area contributed by atoms with Gasteiger partial charge in [0.05, 0.1) is 5.52 Å². The van der Waals surface area contributed by atoms with Gasteiger partial charge in [0.15, 0.2) is 0 Å². The molecule has 1 aliphatic heterocycles. The summed E-state index contributed by atoms with van der Waals surface area (Å²) in [5.74, 6) is 0. The van der Waals surface area contributed by atoms with Crippen molar-refractivity contribution in [1.29, 1.82) is 0 Å². The van der Waals surface area contributed by atoms with Gasteiger partial charge < -0.3 is 5.32 Å². The number of halogens is 1. The van der Waals surface area contributed by atoms with Gasteiger partial charge in [0.25, 0.3) is 0 Å². The largest absolute Gasteiger partial charge is 0.382 e. The molecule has 4 aromatic rings. The number of hydrogen-bond donors (Lipinski definition) is 1. The predicted octanol–water partition coefficient (Wildman–Crippen LogP) is 6.12. The van der Waals surface area contributed by atoms with Crippen LogP contribution in [0.25, 0.3) is 21.7 Å². The zero-order valence-corrected chi connectivity index (χ0v) is 17.1. The summed E-state index contributed by atoms with van der Waals surface area (Å²) < 4.78 is 0. The van der Waals surface area contributed by atoms with Crippen LogP contribution in [0.4, 0.5) is 5.69 Å². The number of piperidine rings is 1. The van der Waals surface area contributed by atoms with Crippen LogP contribution in [-0.4, -0.2) is 29.0 Å². The molecular weight excluding hydrogens is 378 g/mol. The fourth-order valence-electron chi connectivity index (χ4n) is 4.30. The number of nitrogens with zero attached hydrogens (tertiary/aromatic N) is 2. The van der Waals surface area contributed by atoms with Gasteiger partial charge in [-0.2, -0.15) is 0 Å². The zero-order chi connectivity index (χ0) is 19.6. The Hall–Kier alpha value is -2.62. The SMILES string of the molecule is Clc1ccc2c(NC3CCN(Cc4ccc5ccccc5c4)CC3)ccnc2c1. The maximum atomic E-state index is 6.11. The van der Waals surface area contributed by atoms with Gasteiger partial charge >= 0.3 is 0 Å². The van der Waals surface area contributed by atoms with Gasteiger partial charge in [-0.3, -0.25) is 9.88 Å². The van der Waals surface area contributed by atoms with Crippen LogP contribution < -0.4 is 5.32 Å². The van der Waals surface area contributed by atoms with Crippen molar-refractivity contribution in [3.8, 4) is 0 Å². The van der Waals surface area contributed by atoms with E-state index in [0.717, 1.165) is 54.1 Å². The molecule has 2 heterocycles. The van der Waals surface area contributed by atoms with Crippen LogP contribution >= 0.6 is 11.6 Å². The summed E-state index contributed by atoms with van der Waals surface area (Å²) in [5, 5.41) is 8.24. The van der Waals surface area contributed by atoms with Crippen molar-refractivity contribution >= 4 is 39.0 Å². The molecule has 29 heavy (non-hydrogen) atoms. The molecule has 0 saturated carbocycles. The number of fused-ring (bicyclic) bond motifs is 2. The molecular formula is C25H24ClN3. The van der Waals surface area contributed by atoms with Gasteiger partial charge in [-0.25, -0.2) is 0 Å². The highest BCUT2D eigenvalue weighted by atomic mass is 35.5. The lowest BCUT2D eigenvalue weighted by Crippen LogP contribution is -2.38. The van der Waals surface area contributed by atoms with E-state index in [1.165, 1.54) is 16.3 Å². The first-order chi connectivity index (χ1) is 14.2. The Morgan fingerprint density at radius 1 is 0.931 bits per heavy atom. The molecule has 1 fully saturated rings. The molecule has 0 bridgehead atoms. The fourth-order valence-corrected chi connectivity index (χ4v) is 4.46. The van der Waals surface area contributed by atoms with E-state index in [1.54, 1.807) is 0 Å². The van der Waals surface area contributed by atoms with Crippen LogP contribution in [0.5, 0.6) is 0 Å². The molecule has 5 rings (SSSR count). The lowest BCUT2D eigenvalue weighted by molar-refractivity contribution is 0.211. The van der Waals surface area contributed by atoms with Crippen molar-refractivity contribution in [3.05, 3.63) is 83.5 Å². The molecule has 0 amide bonds. The molecule has 1 N–H and O–H groups in total. The van der Waals surface area contributed by atoms with E-state index >= 15 is 0 Å². The molecule has 0 atom stereocenters. The minimum atomic E-state index is 0.490. The van der Waals surface area contributed by atoms with Crippen molar-refractivity contribution in [3.63, 3.8) is 0 Å². The van der Waals surface area contributed by atoms with Crippen LogP contribution in [0, 0.1) is 0 Å². The Labute approximate surface area is 176 Å². The average molecular weight is 402 g/mol. The van der Waals surface area contributed by atoms with Gasteiger partial charge in [0.2, 0.25) is 0 Å². The first-order valence-electron chi connectivity index (χ1n) is 10.3. The minimum Gasteiger partial charge on any atom is -0.382 e. The molecule has 1 saturated heterocycles. The quantitative estimate of drug-likeness (QED) is 0.446. The summed E-state index contributed by atoms with van der Waals surface area (Å²) in [5.41, 5.74) is 3.49. The molecule has 4 heteroatoms. The summed E-state index contributed by atoms with van der Waals surface area (Å²) in [7, 11) is 0. The third-order valence-corrected chi connectivity index (χ3v) is 6.11. The summed E-state index contributed by atoms with van der Waals surface area (Å²) in [4.78, 5) is 7.01. The number of likely N-dealkylation sites (tertiary alicyclic amines) is 1. The van der Waals surface area contributed by atoms with E-state index in [9.17, 15) is 0 Å². The van der Waals surface area contributed by atoms with Gasteiger partial charge in [-0.15, -0.1) is 0 Å². The standard InChI is InChI=1S/C25H24ClN3/c26-21-7-8-23-24(9-12-27-25(23)16-21)28-22-10-13-29(14-11-22)17-18-5-6-19-3-1-2-4-20(19)15-18/h1-9,12,15-16,22H,10-11,13-14,17H2,(H,27,28). The predicted molar refractivity (Wildman–Crippen MR) is 123 cm³/mol. The minimum absolute atomic E-state index is 0.490. The summed E-state index contributed by atoms with van der Waals surface area (Å²) in [6.07, 6.45) is 4.14. The second-order valence-electron chi connectivity index (χ2n) is 7.90. The van der Waals surface area contributed by atoms with Crippen LogP contribution in [0.3, 0.4) is 0 Å². The summed E-state index contributed by atoms with van der Waals surface area (Å²) in [6.45, 7) is 3.24. The third kappa shape index (κ3) is 4.07. The lowest BCUT2D eigenvalue weighted by Gasteiger charge is -2.33. The van der Waals surface area contributed by atoms with Crippen molar-refractivity contribution in [1.82, 2.24) is 9.88 Å². The summed E-state index contributed by atoms with van der Waals surface area (Å²) in [6, 6.07) is 23.9. The van der Waals surface area contributed by atoms with Gasteiger partial charge in [0.1, 0.15) is 0 Å². The number of anilines is 1. The van der Waals surface area contributed by atoms with Crippen LogP contribution in [-0.2, 0) is 6.54 Å². The number of pyridine rings is 1. The Morgan fingerprint density at radius 3 is 2.62 bits per heavy atom. The number of benzene rings is 3. The second kappa shape index (κ2) is 8.02. The van der Waals surface area contributed by atoms with Crippen molar-refractivity contribution < 1.29 is 0 Å². The molecule has 0 spiro atoms. The maximum Gasteiger partial charge on any atom is 0.0737 e.